The highest BCUT2D eigenvalue weighted by Crippen LogP contribution is 2.36. The molecule has 2 aliphatic rings. The summed E-state index contributed by atoms with van der Waals surface area (Å²) in [5.41, 5.74) is 6.13. The molecule has 8 aromatic rings. The molecule has 2 atom stereocenters. The molecule has 0 spiro atoms. The Morgan fingerprint density at radius 2 is 1.00 bits per heavy atom. The van der Waals surface area contributed by atoms with Gasteiger partial charge in [0.25, 0.3) is 11.8 Å². The number of nitrogens with one attached hydrogen (secondary N) is 2. The fraction of sp³-hybridized carbons (Fsp3) is 0.200. The number of amides is 2. The summed E-state index contributed by atoms with van der Waals surface area (Å²) >= 11 is 0. The van der Waals surface area contributed by atoms with E-state index in [1.54, 1.807) is 37.7 Å². The van der Waals surface area contributed by atoms with Crippen LogP contribution < -0.4 is 44.1 Å². The summed E-state index contributed by atoms with van der Waals surface area (Å²) in [6, 6.07) is 49.3. The lowest BCUT2D eigenvalue weighted by atomic mass is 10.1. The summed E-state index contributed by atoms with van der Waals surface area (Å²) in [6.07, 6.45) is 6.01. The van der Waals surface area contributed by atoms with E-state index in [1.807, 2.05) is 131 Å². The maximum atomic E-state index is 13.7. The Morgan fingerprint density at radius 3 is 1.46 bits per heavy atom. The van der Waals surface area contributed by atoms with Crippen molar-refractivity contribution in [2.45, 2.75) is 25.3 Å². The van der Waals surface area contributed by atoms with Gasteiger partial charge in [-0.25, -0.2) is 13.8 Å². The third-order valence-electron chi connectivity index (χ3n) is 11.7. The van der Waals surface area contributed by atoms with Crippen LogP contribution in [-0.4, -0.2) is 90.1 Å². The van der Waals surface area contributed by atoms with Crippen LogP contribution in [0.3, 0.4) is 0 Å². The molecule has 4 heterocycles. The predicted molar refractivity (Wildman–Crippen MR) is 267 cm³/mol. The number of carbonyl (C=O) groups is 2. The standard InChI is InChI=1S/C28H28N4O4.C27H25FN4O3/c1-34-25-9-4-5-10-26(25)35-18-16-29-28(33)27-20-31(23-7-2-3-8-24(23)36-27)19-21-11-13-22(14-12-21)32-17-6-15-30-32;28-22-6-1-3-8-24(22)34-17-15-29-27(33)26-19-31(23-7-2-4-9-25(23)35-26)18-20-10-12-21(13-11-20)32-16-5-14-30-32/h2-15,17,27H,16,18-20H2,1H3,(H,29,33);1-14,16,26H,15,17-19H2,(H,29,33). The SMILES string of the molecule is COc1ccccc1OCCNC(=O)C1CN(Cc2ccc(-n3cccn3)cc2)c2ccccc2O1.O=C(NCCOc1ccccc1F)C1CN(Cc2ccc(-n3cccn3)cc2)c2ccccc2O1. The van der Waals surface area contributed by atoms with Gasteiger partial charge in [-0.1, -0.05) is 72.8 Å². The lowest BCUT2D eigenvalue weighted by Gasteiger charge is -2.35. The van der Waals surface area contributed by atoms with Crippen LogP contribution in [0.15, 0.2) is 183 Å². The van der Waals surface area contributed by atoms with Gasteiger partial charge in [0.1, 0.15) is 24.7 Å². The van der Waals surface area contributed by atoms with Gasteiger partial charge < -0.3 is 44.1 Å². The van der Waals surface area contributed by atoms with Crippen molar-refractivity contribution in [3.05, 3.63) is 199 Å². The van der Waals surface area contributed by atoms with E-state index in [0.717, 1.165) is 33.9 Å². The molecule has 2 aliphatic heterocycles. The van der Waals surface area contributed by atoms with Crippen molar-refractivity contribution in [3.63, 3.8) is 0 Å². The normalized spacial score (nSPS) is 14.6. The maximum Gasteiger partial charge on any atom is 0.263 e. The zero-order chi connectivity index (χ0) is 48.8. The van der Waals surface area contributed by atoms with Gasteiger partial charge in [0.15, 0.2) is 35.3 Å². The summed E-state index contributed by atoms with van der Waals surface area (Å²) < 4.78 is 45.8. The van der Waals surface area contributed by atoms with Gasteiger partial charge in [-0.05, 0) is 96.1 Å². The lowest BCUT2D eigenvalue weighted by Crippen LogP contribution is -2.49. The molecular formula is C55H53FN8O7. The van der Waals surface area contributed by atoms with Crippen LogP contribution in [0, 0.1) is 5.82 Å². The first-order valence-electron chi connectivity index (χ1n) is 23.3. The van der Waals surface area contributed by atoms with Crippen molar-refractivity contribution in [1.29, 1.82) is 0 Å². The van der Waals surface area contributed by atoms with Gasteiger partial charge in [0.05, 0.1) is 56.0 Å². The molecule has 2 N–H and O–H groups in total. The Kier molecular flexibility index (Phi) is 15.3. The molecule has 362 valence electrons. The number of para-hydroxylation sites is 7. The Labute approximate surface area is 410 Å². The van der Waals surface area contributed by atoms with E-state index >= 15 is 0 Å². The van der Waals surface area contributed by atoms with E-state index in [9.17, 15) is 14.0 Å². The van der Waals surface area contributed by atoms with Crippen LogP contribution in [0.5, 0.6) is 28.7 Å². The first-order chi connectivity index (χ1) is 34.9. The van der Waals surface area contributed by atoms with Crippen molar-refractivity contribution >= 4 is 23.2 Å². The van der Waals surface area contributed by atoms with Crippen molar-refractivity contribution in [1.82, 2.24) is 30.2 Å². The maximum absolute atomic E-state index is 13.7. The number of methoxy groups -OCH3 is 1. The summed E-state index contributed by atoms with van der Waals surface area (Å²) in [6.45, 7) is 3.19. The number of carbonyl (C=O) groups excluding carboxylic acids is 2. The van der Waals surface area contributed by atoms with Crippen LogP contribution in [-0.2, 0) is 22.7 Å². The number of nitrogens with zero attached hydrogens (tertiary/aromatic N) is 6. The van der Waals surface area contributed by atoms with Gasteiger partial charge in [-0.15, -0.1) is 0 Å². The third-order valence-corrected chi connectivity index (χ3v) is 11.7. The van der Waals surface area contributed by atoms with Crippen molar-refractivity contribution in [2.75, 3.05) is 56.3 Å². The quantitative estimate of drug-likeness (QED) is 0.0862. The number of aromatic nitrogens is 4. The Bertz CT molecular complexity index is 2970. The topological polar surface area (TPSA) is 146 Å². The number of hydrogen-bond donors (Lipinski definition) is 2. The zero-order valence-corrected chi connectivity index (χ0v) is 39.1. The van der Waals surface area contributed by atoms with Crippen molar-refractivity contribution in [3.8, 4) is 40.1 Å². The van der Waals surface area contributed by atoms with Gasteiger partial charge in [-0.2, -0.15) is 10.2 Å². The van der Waals surface area contributed by atoms with E-state index in [1.165, 1.54) is 6.07 Å². The van der Waals surface area contributed by atoms with Crippen LogP contribution in [0.25, 0.3) is 11.4 Å². The molecular weight excluding hydrogens is 904 g/mol. The molecule has 71 heavy (non-hydrogen) atoms. The molecule has 0 saturated heterocycles. The molecule has 2 aromatic heterocycles. The molecule has 2 unspecified atom stereocenters. The number of fused-ring (bicyclic) bond motifs is 2. The second-order valence-corrected chi connectivity index (χ2v) is 16.5. The highest BCUT2D eigenvalue weighted by Gasteiger charge is 2.32. The van der Waals surface area contributed by atoms with Gasteiger partial charge in [0, 0.05) is 37.9 Å². The van der Waals surface area contributed by atoms with Gasteiger partial charge in [0.2, 0.25) is 0 Å². The average molecular weight is 957 g/mol. The second-order valence-electron chi connectivity index (χ2n) is 16.5. The van der Waals surface area contributed by atoms with Crippen molar-refractivity contribution in [2.24, 2.45) is 0 Å². The molecule has 15 nitrogen and oxygen atoms in total. The number of ether oxygens (including phenoxy) is 5. The highest BCUT2D eigenvalue weighted by molar-refractivity contribution is 5.84. The smallest absolute Gasteiger partial charge is 0.263 e. The van der Waals surface area contributed by atoms with E-state index in [4.69, 9.17) is 23.7 Å². The summed E-state index contributed by atoms with van der Waals surface area (Å²) in [7, 11) is 1.60. The molecule has 10 rings (SSSR count). The highest BCUT2D eigenvalue weighted by atomic mass is 19.1. The monoisotopic (exact) mass is 956 g/mol. The van der Waals surface area contributed by atoms with Crippen LogP contribution >= 0.6 is 0 Å². The summed E-state index contributed by atoms with van der Waals surface area (Å²) in [5.74, 6) is 1.97. The average Bonchev–Trinajstić information content (AvgIpc) is 4.17. The Balaban J connectivity index is 0.000000176. The second kappa shape index (κ2) is 23.0. The lowest BCUT2D eigenvalue weighted by molar-refractivity contribution is -0.128. The van der Waals surface area contributed by atoms with E-state index in [-0.39, 0.29) is 30.7 Å². The van der Waals surface area contributed by atoms with E-state index in [0.29, 0.717) is 62.3 Å². The van der Waals surface area contributed by atoms with Crippen LogP contribution in [0.2, 0.25) is 0 Å². The minimum atomic E-state index is -0.679. The largest absolute Gasteiger partial charge is 0.493 e. The molecule has 0 saturated carbocycles. The Morgan fingerprint density at radius 1 is 0.563 bits per heavy atom. The molecule has 6 aromatic carbocycles. The minimum Gasteiger partial charge on any atom is -0.493 e. The first-order valence-corrected chi connectivity index (χ1v) is 23.3. The molecule has 0 radical (unpaired) electrons. The van der Waals surface area contributed by atoms with Gasteiger partial charge >= 0.3 is 0 Å². The van der Waals surface area contributed by atoms with E-state index in [2.05, 4.69) is 54.9 Å². The minimum absolute atomic E-state index is 0.155. The number of anilines is 2. The van der Waals surface area contributed by atoms with Crippen LogP contribution in [0.4, 0.5) is 15.8 Å². The van der Waals surface area contributed by atoms with Crippen LogP contribution in [0.1, 0.15) is 11.1 Å². The number of benzene rings is 6. The molecule has 0 aliphatic carbocycles. The number of hydrogen-bond acceptors (Lipinski definition) is 11. The zero-order valence-electron chi connectivity index (χ0n) is 39.1. The Hall–Kier alpha value is -8.79. The summed E-state index contributed by atoms with van der Waals surface area (Å²) in [4.78, 5) is 30.1. The predicted octanol–water partition coefficient (Wildman–Crippen LogP) is 7.82. The molecule has 0 fully saturated rings. The number of rotatable bonds is 17. The van der Waals surface area contributed by atoms with Crippen molar-refractivity contribution < 1.29 is 37.7 Å². The number of halogens is 1. The molecule has 16 heteroatoms. The third kappa shape index (κ3) is 12.1. The molecule has 2 amide bonds. The fourth-order valence-electron chi connectivity index (χ4n) is 8.18. The van der Waals surface area contributed by atoms with E-state index < -0.39 is 18.0 Å². The fourth-order valence-corrected chi connectivity index (χ4v) is 8.18. The van der Waals surface area contributed by atoms with Gasteiger partial charge in [-0.3, -0.25) is 9.59 Å². The summed E-state index contributed by atoms with van der Waals surface area (Å²) in [5, 5.41) is 14.3. The molecule has 0 bridgehead atoms. The first kappa shape index (κ1) is 47.3.